The molecule has 0 aliphatic rings. The fourth-order valence-electron chi connectivity index (χ4n) is 3.31. The lowest BCUT2D eigenvalue weighted by molar-refractivity contribution is 0.0993. The van der Waals surface area contributed by atoms with E-state index < -0.39 is 17.4 Å². The van der Waals surface area contributed by atoms with E-state index in [1.165, 1.54) is 30.5 Å². The monoisotopic (exact) mass is 462 g/mol. The molecule has 0 saturated heterocycles. The van der Waals surface area contributed by atoms with Crippen molar-refractivity contribution in [2.24, 2.45) is 0 Å². The summed E-state index contributed by atoms with van der Waals surface area (Å²) in [5.41, 5.74) is 0.0546. The third kappa shape index (κ3) is 4.78. The Morgan fingerprint density at radius 2 is 1.50 bits per heavy atom. The number of furan rings is 1. The average molecular weight is 462 g/mol. The number of benzene rings is 2. The van der Waals surface area contributed by atoms with Gasteiger partial charge in [-0.25, -0.2) is 4.79 Å². The standard InChI is InChI=1S/C25H22N2O7/c1-3-31-21-14-18(27-24(29)20-10-7-11-33-20)22(32-4-2)13-17(21)26-23(28)16-12-15-8-5-6-9-19(15)34-25(16)30/h5-14H,3-4H2,1-2H3,(H,26,28)(H,27,29). The number of ether oxygens (including phenoxy) is 2. The molecular weight excluding hydrogens is 440 g/mol. The molecule has 2 aromatic carbocycles. The molecule has 0 spiro atoms. The lowest BCUT2D eigenvalue weighted by Gasteiger charge is -2.17. The van der Waals surface area contributed by atoms with Crippen LogP contribution in [0, 0.1) is 0 Å². The molecule has 2 amide bonds. The molecule has 4 aromatic rings. The number of para-hydroxylation sites is 1. The minimum atomic E-state index is -0.762. The summed E-state index contributed by atoms with van der Waals surface area (Å²) < 4.78 is 21.7. The van der Waals surface area contributed by atoms with Gasteiger partial charge in [0.25, 0.3) is 11.8 Å². The average Bonchev–Trinajstić information content (AvgIpc) is 3.36. The van der Waals surface area contributed by atoms with Crippen LogP contribution in [0.15, 0.2) is 74.5 Å². The lowest BCUT2D eigenvalue weighted by atomic mass is 10.1. The number of fused-ring (bicyclic) bond motifs is 1. The van der Waals surface area contributed by atoms with E-state index in [0.717, 1.165) is 0 Å². The van der Waals surface area contributed by atoms with Crippen molar-refractivity contribution in [3.05, 3.63) is 82.6 Å². The maximum atomic E-state index is 13.0. The molecule has 0 fully saturated rings. The zero-order valence-corrected chi connectivity index (χ0v) is 18.5. The van der Waals surface area contributed by atoms with Crippen molar-refractivity contribution in [2.45, 2.75) is 13.8 Å². The van der Waals surface area contributed by atoms with Gasteiger partial charge in [-0.05, 0) is 38.1 Å². The highest BCUT2D eigenvalue weighted by Crippen LogP contribution is 2.37. The molecule has 0 aliphatic heterocycles. The topological polar surface area (TPSA) is 120 Å². The first-order valence-corrected chi connectivity index (χ1v) is 10.6. The summed E-state index contributed by atoms with van der Waals surface area (Å²) in [7, 11) is 0. The van der Waals surface area contributed by atoms with Crippen LogP contribution in [0.1, 0.15) is 34.8 Å². The summed E-state index contributed by atoms with van der Waals surface area (Å²) >= 11 is 0. The van der Waals surface area contributed by atoms with Gasteiger partial charge in [0.1, 0.15) is 22.6 Å². The molecule has 4 rings (SSSR count). The Kier molecular flexibility index (Phi) is 6.63. The number of amides is 2. The third-order valence-electron chi connectivity index (χ3n) is 4.81. The summed E-state index contributed by atoms with van der Waals surface area (Å²) in [6, 6.07) is 14.6. The van der Waals surface area contributed by atoms with Crippen molar-refractivity contribution in [3.63, 3.8) is 0 Å². The van der Waals surface area contributed by atoms with E-state index in [9.17, 15) is 14.4 Å². The Morgan fingerprint density at radius 1 is 0.853 bits per heavy atom. The van der Waals surface area contributed by atoms with Crippen molar-refractivity contribution in [1.29, 1.82) is 0 Å². The molecule has 34 heavy (non-hydrogen) atoms. The summed E-state index contributed by atoms with van der Waals surface area (Å²) in [5, 5.41) is 6.03. The van der Waals surface area contributed by atoms with Gasteiger partial charge in [-0.2, -0.15) is 0 Å². The largest absolute Gasteiger partial charge is 0.492 e. The van der Waals surface area contributed by atoms with Crippen LogP contribution in [0.2, 0.25) is 0 Å². The maximum absolute atomic E-state index is 13.0. The summed E-state index contributed by atoms with van der Waals surface area (Å²) in [6.45, 7) is 4.16. The van der Waals surface area contributed by atoms with Crippen LogP contribution < -0.4 is 25.7 Å². The van der Waals surface area contributed by atoms with Crippen LogP contribution in [-0.2, 0) is 0 Å². The van der Waals surface area contributed by atoms with Crippen molar-refractivity contribution >= 4 is 34.2 Å². The zero-order chi connectivity index (χ0) is 24.1. The molecule has 0 bridgehead atoms. The van der Waals surface area contributed by atoms with Gasteiger partial charge in [-0.3, -0.25) is 9.59 Å². The highest BCUT2D eigenvalue weighted by molar-refractivity contribution is 6.07. The number of hydrogen-bond acceptors (Lipinski definition) is 7. The van der Waals surface area contributed by atoms with E-state index in [1.54, 1.807) is 44.2 Å². The molecule has 2 heterocycles. The second-order valence-corrected chi connectivity index (χ2v) is 7.08. The normalized spacial score (nSPS) is 10.6. The van der Waals surface area contributed by atoms with Crippen molar-refractivity contribution in [1.82, 2.24) is 0 Å². The Morgan fingerprint density at radius 3 is 2.12 bits per heavy atom. The number of rotatable bonds is 8. The van der Waals surface area contributed by atoms with E-state index in [0.29, 0.717) is 35.6 Å². The highest BCUT2D eigenvalue weighted by Gasteiger charge is 2.20. The van der Waals surface area contributed by atoms with E-state index >= 15 is 0 Å². The fourth-order valence-corrected chi connectivity index (χ4v) is 3.31. The fraction of sp³-hybridized carbons (Fsp3) is 0.160. The van der Waals surface area contributed by atoms with Gasteiger partial charge >= 0.3 is 5.63 Å². The van der Waals surface area contributed by atoms with Gasteiger partial charge in [0.2, 0.25) is 0 Å². The first-order chi connectivity index (χ1) is 16.5. The summed E-state index contributed by atoms with van der Waals surface area (Å²) in [4.78, 5) is 37.8. The molecule has 9 nitrogen and oxygen atoms in total. The Bertz CT molecular complexity index is 1390. The van der Waals surface area contributed by atoms with Crippen LogP contribution in [-0.4, -0.2) is 25.0 Å². The van der Waals surface area contributed by atoms with Crippen LogP contribution >= 0.6 is 0 Å². The van der Waals surface area contributed by atoms with Gasteiger partial charge in [0.15, 0.2) is 5.76 Å². The number of carbonyl (C=O) groups is 2. The third-order valence-corrected chi connectivity index (χ3v) is 4.81. The van der Waals surface area contributed by atoms with E-state index in [1.807, 2.05) is 0 Å². The van der Waals surface area contributed by atoms with E-state index in [-0.39, 0.29) is 22.8 Å². The molecule has 0 atom stereocenters. The van der Waals surface area contributed by atoms with E-state index in [2.05, 4.69) is 10.6 Å². The lowest BCUT2D eigenvalue weighted by Crippen LogP contribution is -2.21. The molecule has 0 aliphatic carbocycles. The quantitative estimate of drug-likeness (QED) is 0.365. The molecular formula is C25H22N2O7. The van der Waals surface area contributed by atoms with Crippen LogP contribution in [0.25, 0.3) is 11.0 Å². The highest BCUT2D eigenvalue weighted by atomic mass is 16.5. The summed E-state index contributed by atoms with van der Waals surface area (Å²) in [5.74, 6) is -0.444. The smallest absolute Gasteiger partial charge is 0.349 e. The molecule has 9 heteroatoms. The van der Waals surface area contributed by atoms with Gasteiger partial charge in [0.05, 0.1) is 30.9 Å². The van der Waals surface area contributed by atoms with Gasteiger partial charge < -0.3 is 28.9 Å². The number of nitrogens with one attached hydrogen (secondary N) is 2. The zero-order valence-electron chi connectivity index (χ0n) is 18.5. The Labute approximate surface area is 194 Å². The minimum absolute atomic E-state index is 0.126. The number of anilines is 2. The van der Waals surface area contributed by atoms with Crippen molar-refractivity contribution in [2.75, 3.05) is 23.8 Å². The van der Waals surface area contributed by atoms with Gasteiger partial charge in [-0.1, -0.05) is 18.2 Å². The van der Waals surface area contributed by atoms with Crippen LogP contribution in [0.4, 0.5) is 11.4 Å². The second kappa shape index (κ2) is 9.95. The second-order valence-electron chi connectivity index (χ2n) is 7.08. The molecule has 174 valence electrons. The van der Waals surface area contributed by atoms with Crippen molar-refractivity contribution in [3.8, 4) is 11.5 Å². The predicted molar refractivity (Wildman–Crippen MR) is 126 cm³/mol. The predicted octanol–water partition coefficient (Wildman–Crippen LogP) is 4.69. The first-order valence-electron chi connectivity index (χ1n) is 10.6. The maximum Gasteiger partial charge on any atom is 0.349 e. The van der Waals surface area contributed by atoms with Gasteiger partial charge in [0, 0.05) is 17.5 Å². The van der Waals surface area contributed by atoms with Crippen molar-refractivity contribution < 1.29 is 27.9 Å². The summed E-state index contributed by atoms with van der Waals surface area (Å²) in [6.07, 6.45) is 1.39. The molecule has 0 radical (unpaired) electrons. The number of carbonyl (C=O) groups excluding carboxylic acids is 2. The van der Waals surface area contributed by atoms with E-state index in [4.69, 9.17) is 18.3 Å². The molecule has 2 aromatic heterocycles. The van der Waals surface area contributed by atoms with Gasteiger partial charge in [-0.15, -0.1) is 0 Å². The molecule has 0 unspecified atom stereocenters. The molecule has 0 saturated carbocycles. The SMILES string of the molecule is CCOc1cc(NC(=O)c2cc3ccccc3oc2=O)c(OCC)cc1NC(=O)c1ccco1. The Balaban J connectivity index is 1.68. The molecule has 2 N–H and O–H groups in total. The minimum Gasteiger partial charge on any atom is -0.492 e. The van der Waals surface area contributed by atoms with Crippen LogP contribution in [0.5, 0.6) is 11.5 Å². The Hall–Kier alpha value is -4.53. The first kappa shape index (κ1) is 22.7. The van der Waals surface area contributed by atoms with Crippen LogP contribution in [0.3, 0.4) is 0 Å². The number of hydrogen-bond donors (Lipinski definition) is 2.